The number of aromatic nitrogens is 1. The summed E-state index contributed by atoms with van der Waals surface area (Å²) in [5, 5.41) is 14.1. The van der Waals surface area contributed by atoms with Crippen molar-refractivity contribution in [3.8, 4) is 0 Å². The molecule has 3 fully saturated rings. The monoisotopic (exact) mass is 1010 g/mol. The van der Waals surface area contributed by atoms with E-state index in [1.165, 1.54) is 15.9 Å². The zero-order valence-corrected chi connectivity index (χ0v) is 40.2. The number of anilines is 1. The lowest BCUT2D eigenvalue weighted by Crippen LogP contribution is -2.61. The van der Waals surface area contributed by atoms with Gasteiger partial charge in [0.2, 0.25) is 35.4 Å². The number of aromatic amines is 1. The third-order valence-corrected chi connectivity index (χ3v) is 14.7. The van der Waals surface area contributed by atoms with Gasteiger partial charge in [-0.2, -0.15) is 8.78 Å². The van der Waals surface area contributed by atoms with E-state index in [0.717, 1.165) is 61.6 Å². The molecular formula is C47H61F2N10O11P. The number of alkyl halides is 2. The molecule has 4 aliphatic heterocycles. The maximum atomic E-state index is 14.4. The van der Waals surface area contributed by atoms with Crippen molar-refractivity contribution >= 4 is 71.4 Å². The number of piperidine rings is 1. The van der Waals surface area contributed by atoms with Crippen LogP contribution >= 0.6 is 7.60 Å². The van der Waals surface area contributed by atoms with Gasteiger partial charge in [0.05, 0.1) is 0 Å². The van der Waals surface area contributed by atoms with Gasteiger partial charge in [0.1, 0.15) is 29.9 Å². The molecule has 3 saturated heterocycles. The summed E-state index contributed by atoms with van der Waals surface area (Å²) in [4.78, 5) is 130. The molecule has 21 nitrogen and oxygen atoms in total. The minimum absolute atomic E-state index is 0.0672. The number of imide groups is 1. The van der Waals surface area contributed by atoms with Crippen LogP contribution in [0.25, 0.3) is 10.9 Å². The highest BCUT2D eigenvalue weighted by molar-refractivity contribution is 7.52. The second-order valence-corrected chi connectivity index (χ2v) is 20.4. The van der Waals surface area contributed by atoms with Crippen molar-refractivity contribution in [1.29, 1.82) is 0 Å². The fourth-order valence-electron chi connectivity index (χ4n) is 9.83. The first kappa shape index (κ1) is 52.5. The van der Waals surface area contributed by atoms with Crippen LogP contribution in [-0.2, 0) is 45.5 Å². The van der Waals surface area contributed by atoms with Crippen LogP contribution in [0.4, 0.5) is 14.5 Å². The first-order valence-corrected chi connectivity index (χ1v) is 25.6. The number of rotatable bonds is 21. The molecule has 7 rings (SSSR count). The summed E-state index contributed by atoms with van der Waals surface area (Å²) < 4.78 is 40.3. The Balaban J connectivity index is 0.865. The number of likely N-dealkylation sites (N-methyl/N-ethyl adjacent to an activating group) is 1. The summed E-state index contributed by atoms with van der Waals surface area (Å²) in [7, 11) is -4.07. The van der Waals surface area contributed by atoms with Crippen molar-refractivity contribution in [3.05, 3.63) is 64.8 Å². The van der Waals surface area contributed by atoms with Gasteiger partial charge >= 0.3 is 13.3 Å². The zero-order chi connectivity index (χ0) is 51.2. The van der Waals surface area contributed by atoms with E-state index in [1.54, 1.807) is 19.2 Å². The standard InChI is InChI=1S/C47H61F2N10O11P/c1-57-22-19-29-12-15-38(59(29)46(67)36(26-57)55-42(63)35-24-27-23-28(11-13-32(27)53-35)47(48,49)71(68,69)70)44(65)54-34(14-17-39(50)60)41(62)52-21-7-5-3-2-4-6-20-51-33-10-8-9-30-31(33)25-58(45(30)66)37-16-18-40(61)56-43(37)64/h8-11,13,23-24,29,34,36-38,51,53H,2-7,12,14-22,25-26H2,1H3,(H2,50,60)(H,52,62)(H,54,65)(H,55,63)(H,56,61,64)(H2,68,69,70)/t29-,34+,36+,37?,38+/m1/s1. The van der Waals surface area contributed by atoms with Gasteiger partial charge in [-0.3, -0.25) is 48.2 Å². The first-order chi connectivity index (χ1) is 33.7. The third-order valence-electron chi connectivity index (χ3n) is 13.7. The summed E-state index contributed by atoms with van der Waals surface area (Å²) in [6.45, 7) is 1.87. The number of unbranched alkanes of at least 4 members (excludes halogenated alkanes) is 5. The number of nitrogens with two attached hydrogens (primary N) is 1. The van der Waals surface area contributed by atoms with Crippen molar-refractivity contribution in [2.24, 2.45) is 5.73 Å². The average Bonchev–Trinajstić information content (AvgIpc) is 4.04. The van der Waals surface area contributed by atoms with Gasteiger partial charge in [0, 0.05) is 78.3 Å². The molecule has 5 atom stereocenters. The van der Waals surface area contributed by atoms with E-state index in [0.29, 0.717) is 50.9 Å². The van der Waals surface area contributed by atoms with Gasteiger partial charge in [-0.05, 0) is 88.9 Å². The lowest BCUT2D eigenvalue weighted by Gasteiger charge is -2.37. The van der Waals surface area contributed by atoms with Crippen molar-refractivity contribution in [3.63, 3.8) is 0 Å². The molecule has 0 aliphatic carbocycles. The molecule has 4 aliphatic rings. The van der Waals surface area contributed by atoms with Crippen molar-refractivity contribution < 1.29 is 61.5 Å². The number of H-pyrrole nitrogens is 1. The highest BCUT2D eigenvalue weighted by Gasteiger charge is 2.51. The smallest absolute Gasteiger partial charge is 0.385 e. The number of benzene rings is 2. The van der Waals surface area contributed by atoms with Gasteiger partial charge in [-0.25, -0.2) is 0 Å². The van der Waals surface area contributed by atoms with Gasteiger partial charge in [0.15, 0.2) is 0 Å². The van der Waals surface area contributed by atoms with Crippen LogP contribution in [0.15, 0.2) is 42.5 Å². The van der Waals surface area contributed by atoms with E-state index in [-0.39, 0.29) is 73.2 Å². The van der Waals surface area contributed by atoms with E-state index in [2.05, 4.69) is 31.6 Å². The number of primary amides is 1. The van der Waals surface area contributed by atoms with E-state index < -0.39 is 78.4 Å². The Hall–Kier alpha value is -6.29. The Bertz CT molecular complexity index is 2610. The maximum Gasteiger partial charge on any atom is 0.399 e. The van der Waals surface area contributed by atoms with Crippen molar-refractivity contribution in [2.75, 3.05) is 38.5 Å². The lowest BCUT2D eigenvalue weighted by molar-refractivity contribution is -0.144. The van der Waals surface area contributed by atoms with Gasteiger partial charge in [-0.15, -0.1) is 0 Å². The quantitative estimate of drug-likeness (QED) is 0.0421. The minimum Gasteiger partial charge on any atom is -0.385 e. The van der Waals surface area contributed by atoms with Crippen LogP contribution in [0.3, 0.4) is 0 Å². The summed E-state index contributed by atoms with van der Waals surface area (Å²) in [6.07, 6.45) is 6.64. The molecule has 71 heavy (non-hydrogen) atoms. The molecule has 10 N–H and O–H groups in total. The largest absolute Gasteiger partial charge is 0.399 e. The zero-order valence-electron chi connectivity index (χ0n) is 39.3. The molecule has 8 amide bonds. The summed E-state index contributed by atoms with van der Waals surface area (Å²) in [5.74, 6) is -4.09. The number of hydrogen-bond donors (Lipinski definition) is 9. The minimum atomic E-state index is -5.85. The van der Waals surface area contributed by atoms with E-state index in [4.69, 9.17) is 5.73 Å². The van der Waals surface area contributed by atoms with Gasteiger partial charge < -0.3 is 56.5 Å². The van der Waals surface area contributed by atoms with Crippen LogP contribution in [0, 0.1) is 0 Å². The number of carbonyl (C=O) groups is 8. The topological polar surface area (TPSA) is 306 Å². The van der Waals surface area contributed by atoms with E-state index in [1.807, 2.05) is 11.0 Å². The Morgan fingerprint density at radius 3 is 2.39 bits per heavy atom. The molecule has 384 valence electrons. The first-order valence-electron chi connectivity index (χ1n) is 24.0. The molecule has 1 aromatic heterocycles. The van der Waals surface area contributed by atoms with Crippen molar-refractivity contribution in [1.82, 2.24) is 41.0 Å². The Kier molecular flexibility index (Phi) is 16.6. The lowest BCUT2D eigenvalue weighted by atomic mass is 10.0. The molecule has 0 bridgehead atoms. The predicted molar refractivity (Wildman–Crippen MR) is 253 cm³/mol. The number of halogens is 2. The van der Waals surface area contributed by atoms with Crippen LogP contribution in [-0.4, -0.2) is 140 Å². The molecule has 5 heterocycles. The third kappa shape index (κ3) is 12.3. The highest BCUT2D eigenvalue weighted by Crippen LogP contribution is 2.59. The van der Waals surface area contributed by atoms with E-state index in [9.17, 15) is 61.5 Å². The normalized spacial score (nSPS) is 21.3. The molecule has 1 unspecified atom stereocenters. The molecule has 24 heteroatoms. The molecule has 0 radical (unpaired) electrons. The van der Waals surface area contributed by atoms with Crippen LogP contribution < -0.4 is 32.3 Å². The fourth-order valence-corrected chi connectivity index (χ4v) is 10.3. The van der Waals surface area contributed by atoms with Gasteiger partial charge in [0.25, 0.3) is 11.8 Å². The second kappa shape index (κ2) is 22.4. The average molecular weight is 1010 g/mol. The molecule has 2 aromatic carbocycles. The SMILES string of the molecule is CN1CC[C@H]2CC[C@@H](C(=O)N[C@@H](CCC(N)=O)C(=O)NCCCCCCCCNc3cccc4c3CN(C3CCC(=O)NC3=O)C4=O)N2C(=O)[C@@H](NC(=O)c2cc3cc(C(F)(F)P(=O)(O)O)ccc3[nH]2)C1. The Morgan fingerprint density at radius 2 is 1.68 bits per heavy atom. The molecule has 0 spiro atoms. The summed E-state index contributed by atoms with van der Waals surface area (Å²) >= 11 is 0. The fraction of sp³-hybridized carbons (Fsp3) is 0.532. The summed E-state index contributed by atoms with van der Waals surface area (Å²) in [5.41, 5.74) is 2.34. The molecule has 3 aromatic rings. The Labute approximate surface area is 407 Å². The number of carbonyl (C=O) groups excluding carboxylic acids is 8. The highest BCUT2D eigenvalue weighted by atomic mass is 31.2. The number of amides is 8. The summed E-state index contributed by atoms with van der Waals surface area (Å²) in [6, 6.07) is 5.22. The predicted octanol–water partition coefficient (Wildman–Crippen LogP) is 2.27. The van der Waals surface area contributed by atoms with Crippen LogP contribution in [0.1, 0.15) is 115 Å². The van der Waals surface area contributed by atoms with E-state index >= 15 is 0 Å². The van der Waals surface area contributed by atoms with Crippen LogP contribution in [0.2, 0.25) is 0 Å². The second-order valence-electron chi connectivity index (χ2n) is 18.8. The maximum absolute atomic E-state index is 14.4. The number of hydrogen-bond acceptors (Lipinski definition) is 11. The molecule has 0 saturated carbocycles. The number of nitrogens with one attached hydrogen (secondary N) is 6. The number of fused-ring (bicyclic) bond motifs is 3. The molecular weight excluding hydrogens is 950 g/mol. The van der Waals surface area contributed by atoms with Gasteiger partial charge in [-0.1, -0.05) is 37.8 Å². The van der Waals surface area contributed by atoms with Crippen molar-refractivity contribution in [2.45, 2.75) is 126 Å². The Morgan fingerprint density at radius 1 is 0.944 bits per heavy atom. The number of nitrogens with zero attached hydrogens (tertiary/aromatic N) is 3. The van der Waals surface area contributed by atoms with Crippen LogP contribution in [0.5, 0.6) is 0 Å².